The zero-order valence-electron chi connectivity index (χ0n) is 15.1. The Labute approximate surface area is 153 Å². The van der Waals surface area contributed by atoms with Crippen LogP contribution in [0.2, 0.25) is 0 Å². The molecule has 0 spiro atoms. The SMILES string of the molecule is CCc1nccn1CCN1CCN(C(=O)COc2ccccc2F)CC1. The van der Waals surface area contributed by atoms with Crippen molar-refractivity contribution < 1.29 is 13.9 Å². The number of halogens is 1. The van der Waals surface area contributed by atoms with E-state index in [-0.39, 0.29) is 18.3 Å². The Kier molecular flexibility index (Phi) is 6.22. The number of ether oxygens (including phenoxy) is 1. The highest BCUT2D eigenvalue weighted by Gasteiger charge is 2.21. The molecule has 1 aromatic carbocycles. The van der Waals surface area contributed by atoms with Crippen molar-refractivity contribution in [1.82, 2.24) is 19.4 Å². The van der Waals surface area contributed by atoms with Gasteiger partial charge in [0.2, 0.25) is 0 Å². The molecule has 0 radical (unpaired) electrons. The van der Waals surface area contributed by atoms with E-state index in [1.807, 2.05) is 12.4 Å². The van der Waals surface area contributed by atoms with Gasteiger partial charge in [-0.2, -0.15) is 0 Å². The van der Waals surface area contributed by atoms with Gasteiger partial charge in [0.05, 0.1) is 0 Å². The van der Waals surface area contributed by atoms with Crippen LogP contribution in [0.1, 0.15) is 12.7 Å². The van der Waals surface area contributed by atoms with Crippen LogP contribution < -0.4 is 4.74 Å². The largest absolute Gasteiger partial charge is 0.481 e. The highest BCUT2D eigenvalue weighted by atomic mass is 19.1. The van der Waals surface area contributed by atoms with E-state index in [1.54, 1.807) is 17.0 Å². The lowest BCUT2D eigenvalue weighted by Gasteiger charge is -2.34. The van der Waals surface area contributed by atoms with Crippen molar-refractivity contribution in [3.63, 3.8) is 0 Å². The number of aromatic nitrogens is 2. The van der Waals surface area contributed by atoms with Crippen molar-refractivity contribution >= 4 is 5.91 Å². The van der Waals surface area contributed by atoms with Crippen LogP contribution in [-0.4, -0.2) is 64.6 Å². The number of rotatable bonds is 7. The van der Waals surface area contributed by atoms with Crippen molar-refractivity contribution in [2.75, 3.05) is 39.3 Å². The molecule has 1 amide bonds. The molecule has 6 nitrogen and oxygen atoms in total. The zero-order valence-corrected chi connectivity index (χ0v) is 15.1. The third-order valence-corrected chi connectivity index (χ3v) is 4.69. The smallest absolute Gasteiger partial charge is 0.260 e. The number of imidazole rings is 1. The minimum atomic E-state index is -0.448. The van der Waals surface area contributed by atoms with E-state index in [0.29, 0.717) is 13.1 Å². The van der Waals surface area contributed by atoms with Crippen LogP contribution in [0.3, 0.4) is 0 Å². The standard InChI is InChI=1S/C19H25FN4O2/c1-2-18-21-7-8-23(18)12-9-22-10-13-24(14-11-22)19(25)15-26-17-6-4-3-5-16(17)20/h3-8H,2,9-15H2,1H3. The maximum absolute atomic E-state index is 13.5. The van der Waals surface area contributed by atoms with Gasteiger partial charge in [0.15, 0.2) is 18.2 Å². The topological polar surface area (TPSA) is 50.6 Å². The van der Waals surface area contributed by atoms with Crippen LogP contribution in [0, 0.1) is 5.82 Å². The molecular formula is C19H25FN4O2. The second-order valence-electron chi connectivity index (χ2n) is 6.33. The van der Waals surface area contributed by atoms with Crippen LogP contribution >= 0.6 is 0 Å². The summed E-state index contributed by atoms with van der Waals surface area (Å²) in [5.41, 5.74) is 0. The predicted octanol–water partition coefficient (Wildman–Crippen LogP) is 1.81. The Hall–Kier alpha value is -2.41. The molecule has 0 N–H and O–H groups in total. The Morgan fingerprint density at radius 3 is 2.69 bits per heavy atom. The molecule has 140 valence electrons. The lowest BCUT2D eigenvalue weighted by Crippen LogP contribution is -2.50. The fourth-order valence-electron chi connectivity index (χ4n) is 3.12. The first-order valence-electron chi connectivity index (χ1n) is 9.05. The van der Waals surface area contributed by atoms with Gasteiger partial charge in [-0.1, -0.05) is 19.1 Å². The third kappa shape index (κ3) is 4.60. The van der Waals surface area contributed by atoms with Gasteiger partial charge in [-0.3, -0.25) is 9.69 Å². The molecule has 0 bridgehead atoms. The molecule has 0 saturated carbocycles. The number of hydrogen-bond donors (Lipinski definition) is 0. The van der Waals surface area contributed by atoms with Crippen molar-refractivity contribution in [3.05, 3.63) is 48.3 Å². The summed E-state index contributed by atoms with van der Waals surface area (Å²) in [6.07, 6.45) is 4.78. The lowest BCUT2D eigenvalue weighted by molar-refractivity contribution is -0.135. The summed E-state index contributed by atoms with van der Waals surface area (Å²) in [6, 6.07) is 6.13. The number of hydrogen-bond acceptors (Lipinski definition) is 4. The van der Waals surface area contributed by atoms with Crippen LogP contribution in [0.5, 0.6) is 5.75 Å². The Morgan fingerprint density at radius 1 is 1.19 bits per heavy atom. The fourth-order valence-corrected chi connectivity index (χ4v) is 3.12. The first-order chi connectivity index (χ1) is 12.7. The molecule has 1 aliphatic rings. The maximum atomic E-state index is 13.5. The van der Waals surface area contributed by atoms with Crippen LogP contribution in [-0.2, 0) is 17.8 Å². The molecule has 0 unspecified atom stereocenters. The van der Waals surface area contributed by atoms with Crippen LogP contribution in [0.15, 0.2) is 36.7 Å². The molecule has 1 aromatic heterocycles. The predicted molar refractivity (Wildman–Crippen MR) is 96.5 cm³/mol. The van der Waals surface area contributed by atoms with Crippen molar-refractivity contribution in [3.8, 4) is 5.75 Å². The molecule has 7 heteroatoms. The normalized spacial score (nSPS) is 15.2. The number of benzene rings is 1. The lowest BCUT2D eigenvalue weighted by atomic mass is 10.3. The Bertz CT molecular complexity index is 726. The van der Waals surface area contributed by atoms with Crippen molar-refractivity contribution in [2.45, 2.75) is 19.9 Å². The van der Waals surface area contributed by atoms with E-state index in [1.165, 1.54) is 12.1 Å². The summed E-state index contributed by atoms with van der Waals surface area (Å²) in [5, 5.41) is 0. The maximum Gasteiger partial charge on any atom is 0.260 e. The summed E-state index contributed by atoms with van der Waals surface area (Å²) in [4.78, 5) is 20.7. The minimum Gasteiger partial charge on any atom is -0.481 e. The zero-order chi connectivity index (χ0) is 18.4. The van der Waals surface area contributed by atoms with Gasteiger partial charge in [0.25, 0.3) is 5.91 Å². The summed E-state index contributed by atoms with van der Waals surface area (Å²) in [5.74, 6) is 0.669. The second kappa shape index (κ2) is 8.80. The first kappa shape index (κ1) is 18.4. The second-order valence-corrected chi connectivity index (χ2v) is 6.33. The minimum absolute atomic E-state index is 0.101. The van der Waals surface area contributed by atoms with Gasteiger partial charge in [-0.15, -0.1) is 0 Å². The van der Waals surface area contributed by atoms with E-state index in [0.717, 1.165) is 38.4 Å². The number of para-hydroxylation sites is 1. The highest BCUT2D eigenvalue weighted by molar-refractivity contribution is 5.77. The fraction of sp³-hybridized carbons (Fsp3) is 0.474. The average Bonchev–Trinajstić information content (AvgIpc) is 3.13. The van der Waals surface area contributed by atoms with Gasteiger partial charge in [0.1, 0.15) is 5.82 Å². The number of amides is 1. The molecule has 26 heavy (non-hydrogen) atoms. The molecular weight excluding hydrogens is 335 g/mol. The van der Waals surface area contributed by atoms with Crippen LogP contribution in [0.25, 0.3) is 0 Å². The molecule has 2 heterocycles. The molecule has 1 saturated heterocycles. The molecule has 0 aliphatic carbocycles. The Balaban J connectivity index is 1.40. The third-order valence-electron chi connectivity index (χ3n) is 4.69. The first-order valence-corrected chi connectivity index (χ1v) is 9.05. The van der Waals surface area contributed by atoms with E-state index in [9.17, 15) is 9.18 Å². The molecule has 2 aromatic rings. The van der Waals surface area contributed by atoms with Gasteiger partial charge in [-0.25, -0.2) is 9.37 Å². The molecule has 3 rings (SSSR count). The van der Waals surface area contributed by atoms with Gasteiger partial charge in [0, 0.05) is 58.1 Å². The molecule has 0 atom stereocenters. The number of piperazine rings is 1. The summed E-state index contributed by atoms with van der Waals surface area (Å²) < 4.78 is 21.0. The monoisotopic (exact) mass is 360 g/mol. The summed E-state index contributed by atoms with van der Waals surface area (Å²) in [6.45, 7) is 6.84. The van der Waals surface area contributed by atoms with E-state index < -0.39 is 5.82 Å². The molecule has 1 aliphatic heterocycles. The average molecular weight is 360 g/mol. The number of aryl methyl sites for hydroxylation is 1. The number of nitrogens with zero attached hydrogens (tertiary/aromatic N) is 4. The number of carbonyl (C=O) groups excluding carboxylic acids is 1. The highest BCUT2D eigenvalue weighted by Crippen LogP contribution is 2.15. The van der Waals surface area contributed by atoms with Crippen molar-refractivity contribution in [1.29, 1.82) is 0 Å². The van der Waals surface area contributed by atoms with Crippen LogP contribution in [0.4, 0.5) is 4.39 Å². The van der Waals surface area contributed by atoms with E-state index >= 15 is 0 Å². The van der Waals surface area contributed by atoms with Gasteiger partial charge < -0.3 is 14.2 Å². The van der Waals surface area contributed by atoms with E-state index in [4.69, 9.17) is 4.74 Å². The number of carbonyl (C=O) groups is 1. The van der Waals surface area contributed by atoms with Gasteiger partial charge >= 0.3 is 0 Å². The molecule has 1 fully saturated rings. The van der Waals surface area contributed by atoms with Gasteiger partial charge in [-0.05, 0) is 12.1 Å². The van der Waals surface area contributed by atoms with Crippen molar-refractivity contribution in [2.24, 2.45) is 0 Å². The van der Waals surface area contributed by atoms with E-state index in [2.05, 4.69) is 21.4 Å². The quantitative estimate of drug-likeness (QED) is 0.756. The Morgan fingerprint density at radius 2 is 1.96 bits per heavy atom. The summed E-state index contributed by atoms with van der Waals surface area (Å²) in [7, 11) is 0. The summed E-state index contributed by atoms with van der Waals surface area (Å²) >= 11 is 0.